The number of allylic oxidation sites excluding steroid dienone is 4. The van der Waals surface area contributed by atoms with Gasteiger partial charge in [0.05, 0.1) is 47.5 Å². The van der Waals surface area contributed by atoms with Gasteiger partial charge in [-0.3, -0.25) is 4.79 Å². The van der Waals surface area contributed by atoms with Crippen LogP contribution in [0.1, 0.15) is 123 Å². The van der Waals surface area contributed by atoms with Crippen molar-refractivity contribution in [2.75, 3.05) is 13.7 Å². The number of aliphatic hydroxyl groups is 4. The Labute approximate surface area is 428 Å². The smallest absolute Gasteiger partial charge is 0.342 e. The second kappa shape index (κ2) is 26.5. The summed E-state index contributed by atoms with van der Waals surface area (Å²) >= 11 is 12.8. The van der Waals surface area contributed by atoms with Crippen molar-refractivity contribution >= 4 is 41.1 Å². The van der Waals surface area contributed by atoms with E-state index >= 15 is 0 Å². The Morgan fingerprint density at radius 1 is 0.958 bits per heavy atom. The number of aliphatic hydroxyl groups excluding tert-OH is 4. The summed E-state index contributed by atoms with van der Waals surface area (Å²) in [7, 11) is 1.30. The second-order valence-corrected chi connectivity index (χ2v) is 20.3. The third-order valence-electron chi connectivity index (χ3n) is 13.2. The number of rotatable bonds is 13. The van der Waals surface area contributed by atoms with Crippen molar-refractivity contribution in [2.45, 2.75) is 194 Å². The largest absolute Gasteiger partial charge is 0.505 e. The van der Waals surface area contributed by atoms with Crippen LogP contribution in [0.15, 0.2) is 58.7 Å². The molecule has 0 bridgehead atoms. The molecule has 398 valence electrons. The molecule has 0 aromatic heterocycles. The fraction of sp³-hybridized carbons (Fsp3) is 0.642. The molecular formula is C53H76Cl2O16. The number of carbonyl (C=O) groups excluding carboxylic acids is 3. The highest BCUT2D eigenvalue weighted by atomic mass is 35.5. The molecule has 4 rings (SSSR count). The molecule has 0 radical (unpaired) electrons. The average molecular weight is 1040 g/mol. The molecule has 0 saturated carbocycles. The van der Waals surface area contributed by atoms with E-state index in [0.29, 0.717) is 23.1 Å². The molecule has 1 aromatic rings. The molecule has 18 heteroatoms. The lowest BCUT2D eigenvalue weighted by Gasteiger charge is -2.45. The number of phenols is 1. The number of hydrogen-bond donors (Lipinski definition) is 5. The van der Waals surface area contributed by atoms with Crippen molar-refractivity contribution in [3.05, 3.63) is 85.5 Å². The Balaban J connectivity index is 1.59. The lowest BCUT2D eigenvalue weighted by atomic mass is 9.89. The number of hydrogen-bond acceptors (Lipinski definition) is 16. The van der Waals surface area contributed by atoms with E-state index < -0.39 is 109 Å². The molecule has 13 atom stereocenters. The van der Waals surface area contributed by atoms with Crippen LogP contribution in [0, 0.1) is 18.8 Å². The number of phenolic OH excluding ortho intramolecular Hbond substituents is 1. The maximum atomic E-state index is 14.0. The van der Waals surface area contributed by atoms with Gasteiger partial charge in [-0.2, -0.15) is 0 Å². The van der Waals surface area contributed by atoms with Crippen molar-refractivity contribution < 1.29 is 77.8 Å². The van der Waals surface area contributed by atoms with Crippen LogP contribution in [-0.2, 0) is 53.9 Å². The third kappa shape index (κ3) is 15.2. The molecule has 0 spiro atoms. The predicted octanol–water partition coefficient (Wildman–Crippen LogP) is 7.87. The summed E-state index contributed by atoms with van der Waals surface area (Å²) in [5.74, 6) is -3.36. The molecule has 3 heterocycles. The number of esters is 3. The van der Waals surface area contributed by atoms with E-state index in [9.17, 15) is 39.9 Å². The van der Waals surface area contributed by atoms with Crippen LogP contribution in [0.5, 0.6) is 5.75 Å². The third-order valence-corrected chi connectivity index (χ3v) is 14.1. The number of benzene rings is 1. The normalized spacial score (nSPS) is 34.1. The summed E-state index contributed by atoms with van der Waals surface area (Å²) in [6.45, 7) is 20.6. The first-order chi connectivity index (χ1) is 33.3. The first-order valence-electron chi connectivity index (χ1n) is 24.3. The molecule has 1 aromatic carbocycles. The molecule has 5 N–H and O–H groups in total. The number of cyclic esters (lactones) is 1. The van der Waals surface area contributed by atoms with E-state index in [1.807, 2.05) is 45.9 Å². The van der Waals surface area contributed by atoms with Gasteiger partial charge in [0.2, 0.25) is 0 Å². The maximum Gasteiger partial charge on any atom is 0.342 e. The van der Waals surface area contributed by atoms with Gasteiger partial charge in [-0.1, -0.05) is 86.9 Å². The van der Waals surface area contributed by atoms with Gasteiger partial charge in [0.15, 0.2) is 18.7 Å². The molecule has 16 nitrogen and oxygen atoms in total. The van der Waals surface area contributed by atoms with Crippen LogP contribution in [0.3, 0.4) is 0 Å². The second-order valence-electron chi connectivity index (χ2n) is 19.5. The minimum absolute atomic E-state index is 0.00166. The highest BCUT2D eigenvalue weighted by molar-refractivity contribution is 6.38. The van der Waals surface area contributed by atoms with Crippen LogP contribution in [0.4, 0.5) is 0 Å². The number of halogens is 2. The van der Waals surface area contributed by atoms with Crippen LogP contribution in [0.25, 0.3) is 0 Å². The Morgan fingerprint density at radius 3 is 2.24 bits per heavy atom. The van der Waals surface area contributed by atoms with Gasteiger partial charge in [-0.15, -0.1) is 0 Å². The highest BCUT2D eigenvalue weighted by Gasteiger charge is 2.48. The van der Waals surface area contributed by atoms with Crippen LogP contribution in [-0.4, -0.2) is 136 Å². The number of aromatic hydroxyl groups is 1. The quantitative estimate of drug-likeness (QED) is 0.0720. The van der Waals surface area contributed by atoms with E-state index in [1.165, 1.54) is 20.1 Å². The number of methoxy groups -OCH3 is 1. The van der Waals surface area contributed by atoms with Gasteiger partial charge in [0.25, 0.3) is 0 Å². The van der Waals surface area contributed by atoms with Crippen molar-refractivity contribution in [1.82, 2.24) is 0 Å². The molecule has 0 aliphatic carbocycles. The zero-order valence-corrected chi connectivity index (χ0v) is 44.8. The van der Waals surface area contributed by atoms with Crippen molar-refractivity contribution in [1.29, 1.82) is 0 Å². The summed E-state index contributed by atoms with van der Waals surface area (Å²) < 4.78 is 48.1. The Morgan fingerprint density at radius 2 is 1.63 bits per heavy atom. The zero-order valence-electron chi connectivity index (χ0n) is 43.3. The van der Waals surface area contributed by atoms with Crippen molar-refractivity contribution in [2.24, 2.45) is 11.8 Å². The first kappa shape index (κ1) is 59.9. The summed E-state index contributed by atoms with van der Waals surface area (Å²) in [5.41, 5.74) is 1.67. The van der Waals surface area contributed by atoms with Gasteiger partial charge in [0.1, 0.15) is 47.4 Å². The van der Waals surface area contributed by atoms with Crippen LogP contribution < -0.4 is 0 Å². The lowest BCUT2D eigenvalue weighted by Crippen LogP contribution is -2.59. The lowest BCUT2D eigenvalue weighted by molar-refractivity contribution is -0.306. The van der Waals surface area contributed by atoms with Crippen molar-refractivity contribution in [3.63, 3.8) is 0 Å². The van der Waals surface area contributed by atoms with Crippen LogP contribution >= 0.6 is 23.2 Å². The summed E-state index contributed by atoms with van der Waals surface area (Å²) in [4.78, 5) is 40.1. The molecule has 2 saturated heterocycles. The Bertz CT molecular complexity index is 2180. The van der Waals surface area contributed by atoms with E-state index in [4.69, 9.17) is 61.1 Å². The molecule has 2 fully saturated rings. The van der Waals surface area contributed by atoms with Gasteiger partial charge in [0, 0.05) is 30.9 Å². The number of carbonyl (C=O) groups is 3. The highest BCUT2D eigenvalue weighted by Crippen LogP contribution is 2.41. The SMILES string of the molecule is CCc1c(Cl)c(C)c(Cl)c(O)c1C(=O)OC1C(C)OC(OC/C2=C\C=C\CC(O)/C(C)=C/C(CC)C(OC3OC(C)(C)C(OC(=O)C(C)C)CC3O)/C(C)=C/C(C)=C/CC(C(C)O)OC2=O)C(OC)C1O. The van der Waals surface area contributed by atoms with Gasteiger partial charge < -0.3 is 63.4 Å². The molecule has 71 heavy (non-hydrogen) atoms. The van der Waals surface area contributed by atoms with E-state index in [-0.39, 0.29) is 58.7 Å². The van der Waals surface area contributed by atoms with Gasteiger partial charge >= 0.3 is 17.9 Å². The fourth-order valence-electron chi connectivity index (χ4n) is 8.63. The number of ether oxygens (including phenoxy) is 8. The monoisotopic (exact) mass is 1040 g/mol. The summed E-state index contributed by atoms with van der Waals surface area (Å²) in [6, 6.07) is 0. The van der Waals surface area contributed by atoms with Crippen LogP contribution in [0.2, 0.25) is 10.0 Å². The minimum atomic E-state index is -1.51. The van der Waals surface area contributed by atoms with E-state index in [1.54, 1.807) is 60.6 Å². The van der Waals surface area contributed by atoms with Crippen molar-refractivity contribution in [3.8, 4) is 5.75 Å². The van der Waals surface area contributed by atoms with Gasteiger partial charge in [-0.25, -0.2) is 9.59 Å². The molecular weight excluding hydrogens is 963 g/mol. The first-order valence-corrected chi connectivity index (χ1v) is 25.1. The molecule has 0 amide bonds. The zero-order chi connectivity index (χ0) is 53.2. The van der Waals surface area contributed by atoms with E-state index in [2.05, 4.69) is 0 Å². The fourth-order valence-corrected chi connectivity index (χ4v) is 9.19. The average Bonchev–Trinajstić information content (AvgIpc) is 3.30. The Kier molecular flexibility index (Phi) is 22.4. The molecule has 13 unspecified atom stereocenters. The molecule has 3 aliphatic rings. The maximum absolute atomic E-state index is 14.0. The summed E-state index contributed by atoms with van der Waals surface area (Å²) in [6.07, 6.45) is -1.36. The molecule has 3 aliphatic heterocycles. The Hall–Kier alpha value is -3.65. The summed E-state index contributed by atoms with van der Waals surface area (Å²) in [5, 5.41) is 56.1. The standard InChI is InChI=1S/C53H76Cl2O16/c1-14-33-23-28(6)36(57)19-17-16-18-34(25-65-52-47(64-13)44(60)46(32(10)66-52)69-50(63)40-35(15-2)41(54)30(8)42(55)43(40)59)49(62)67-38(31(9)56)21-20-27(5)22-29(7)45(33)70-51-37(58)24-39(53(11,12)71-51)68-48(61)26(3)4/h16-18,20,22-23,26,31-33,36-39,44-47,51-52,56-60H,14-15,19,21,24-25H2,1-13H3/b17-16+,27-20+,28-23+,29-22+,34-18+. The van der Waals surface area contributed by atoms with Gasteiger partial charge in [-0.05, 0) is 103 Å². The predicted molar refractivity (Wildman–Crippen MR) is 267 cm³/mol. The van der Waals surface area contributed by atoms with E-state index in [0.717, 1.165) is 11.1 Å². The topological polar surface area (TPSA) is 226 Å². The minimum Gasteiger partial charge on any atom is -0.505 e.